The molecule has 23 heavy (non-hydrogen) atoms. The van der Waals surface area contributed by atoms with E-state index in [0.29, 0.717) is 6.42 Å². The molecule has 0 bridgehead atoms. The van der Waals surface area contributed by atoms with Gasteiger partial charge in [-0.3, -0.25) is 9.48 Å². The van der Waals surface area contributed by atoms with Gasteiger partial charge in [0, 0.05) is 18.3 Å². The van der Waals surface area contributed by atoms with Crippen LogP contribution in [0.25, 0.3) is 0 Å². The lowest BCUT2D eigenvalue weighted by molar-refractivity contribution is -0.137. The number of ether oxygens (including phenoxy) is 1. The van der Waals surface area contributed by atoms with Gasteiger partial charge in [-0.05, 0) is 39.5 Å². The number of nitrogens with one attached hydrogen (secondary N) is 1. The Kier molecular flexibility index (Phi) is 6.22. The van der Waals surface area contributed by atoms with Crippen molar-refractivity contribution in [2.75, 3.05) is 0 Å². The highest BCUT2D eigenvalue weighted by molar-refractivity contribution is 5.81. The van der Waals surface area contributed by atoms with Gasteiger partial charge in [-0.2, -0.15) is 5.10 Å². The summed E-state index contributed by atoms with van der Waals surface area (Å²) in [6.07, 6.45) is 6.08. The molecule has 5 heteroatoms. The standard InChI is InChI=1S/C18H31N3O2/c1-6-15(17-12(3)20-21(5)13(17)4)19-18(22)16(7-2)23-14-10-8-9-11-14/h14-16H,6-11H2,1-5H3,(H,19,22). The van der Waals surface area contributed by atoms with E-state index in [2.05, 4.69) is 24.3 Å². The van der Waals surface area contributed by atoms with Crippen LogP contribution >= 0.6 is 0 Å². The number of hydrogen-bond donors (Lipinski definition) is 1. The highest BCUT2D eigenvalue weighted by Crippen LogP contribution is 2.26. The monoisotopic (exact) mass is 321 g/mol. The lowest BCUT2D eigenvalue weighted by atomic mass is 10.0. The van der Waals surface area contributed by atoms with Crippen LogP contribution in [0.4, 0.5) is 0 Å². The van der Waals surface area contributed by atoms with Crippen LogP contribution < -0.4 is 5.32 Å². The second kappa shape index (κ2) is 7.95. The number of nitrogens with zero attached hydrogens (tertiary/aromatic N) is 2. The molecule has 1 aromatic heterocycles. The number of carbonyl (C=O) groups excluding carboxylic acids is 1. The third-order valence-corrected chi connectivity index (χ3v) is 4.96. The topological polar surface area (TPSA) is 56.1 Å². The molecule has 0 saturated heterocycles. The van der Waals surface area contributed by atoms with E-state index in [1.807, 2.05) is 25.6 Å². The summed E-state index contributed by atoms with van der Waals surface area (Å²) >= 11 is 0. The third kappa shape index (κ3) is 4.14. The second-order valence-electron chi connectivity index (χ2n) is 6.62. The normalized spacial score (nSPS) is 18.1. The van der Waals surface area contributed by atoms with E-state index in [0.717, 1.165) is 36.2 Å². The number of carbonyl (C=O) groups is 1. The Morgan fingerprint density at radius 2 is 1.96 bits per heavy atom. The smallest absolute Gasteiger partial charge is 0.249 e. The number of aryl methyl sites for hydroxylation is 2. The molecule has 2 atom stereocenters. The zero-order valence-corrected chi connectivity index (χ0v) is 15.2. The van der Waals surface area contributed by atoms with E-state index >= 15 is 0 Å². The summed E-state index contributed by atoms with van der Waals surface area (Å²) in [5, 5.41) is 7.65. The van der Waals surface area contributed by atoms with Crippen molar-refractivity contribution in [3.05, 3.63) is 17.0 Å². The van der Waals surface area contributed by atoms with Gasteiger partial charge in [-0.15, -0.1) is 0 Å². The van der Waals surface area contributed by atoms with Crippen molar-refractivity contribution in [2.24, 2.45) is 7.05 Å². The molecule has 5 nitrogen and oxygen atoms in total. The molecule has 0 radical (unpaired) electrons. The van der Waals surface area contributed by atoms with Crippen LogP contribution in [-0.2, 0) is 16.6 Å². The Labute approximate surface area is 139 Å². The summed E-state index contributed by atoms with van der Waals surface area (Å²) in [7, 11) is 1.94. The first kappa shape index (κ1) is 18.0. The molecule has 1 aliphatic carbocycles. The molecule has 1 heterocycles. The van der Waals surface area contributed by atoms with Gasteiger partial charge < -0.3 is 10.1 Å². The zero-order chi connectivity index (χ0) is 17.0. The lowest BCUT2D eigenvalue weighted by Gasteiger charge is -2.24. The molecule has 1 aliphatic rings. The van der Waals surface area contributed by atoms with E-state index in [1.54, 1.807) is 0 Å². The molecule has 0 aliphatic heterocycles. The average molecular weight is 321 g/mol. The van der Waals surface area contributed by atoms with E-state index in [4.69, 9.17) is 4.74 Å². The minimum Gasteiger partial charge on any atom is -0.365 e. The predicted molar refractivity (Wildman–Crippen MR) is 91.3 cm³/mol. The van der Waals surface area contributed by atoms with Crippen LogP contribution in [-0.4, -0.2) is 27.9 Å². The van der Waals surface area contributed by atoms with Gasteiger partial charge >= 0.3 is 0 Å². The van der Waals surface area contributed by atoms with Gasteiger partial charge in [0.25, 0.3) is 0 Å². The van der Waals surface area contributed by atoms with Crippen LogP contribution in [0.15, 0.2) is 0 Å². The van der Waals surface area contributed by atoms with E-state index < -0.39 is 0 Å². The van der Waals surface area contributed by atoms with Gasteiger partial charge in [0.05, 0.1) is 17.8 Å². The number of hydrogen-bond acceptors (Lipinski definition) is 3. The Bertz CT molecular complexity index is 533. The van der Waals surface area contributed by atoms with Gasteiger partial charge in [-0.25, -0.2) is 0 Å². The molecule has 0 spiro atoms. The van der Waals surface area contributed by atoms with Crippen LogP contribution in [0, 0.1) is 13.8 Å². The lowest BCUT2D eigenvalue weighted by Crippen LogP contribution is -2.40. The van der Waals surface area contributed by atoms with Crippen molar-refractivity contribution < 1.29 is 9.53 Å². The average Bonchev–Trinajstić information content (AvgIpc) is 3.12. The Balaban J connectivity index is 2.05. The largest absolute Gasteiger partial charge is 0.365 e. The minimum absolute atomic E-state index is 0.00238. The van der Waals surface area contributed by atoms with Crippen LogP contribution in [0.3, 0.4) is 0 Å². The van der Waals surface area contributed by atoms with Gasteiger partial charge in [0.15, 0.2) is 0 Å². The van der Waals surface area contributed by atoms with E-state index in [9.17, 15) is 4.79 Å². The molecule has 2 rings (SSSR count). The maximum atomic E-state index is 12.7. The summed E-state index contributed by atoms with van der Waals surface area (Å²) in [6.45, 7) is 8.16. The SMILES string of the molecule is CCC(OC1CCCC1)C(=O)NC(CC)c1c(C)nn(C)c1C. The summed E-state index contributed by atoms with van der Waals surface area (Å²) < 4.78 is 7.92. The van der Waals surface area contributed by atoms with E-state index in [-0.39, 0.29) is 24.2 Å². The first-order chi connectivity index (χ1) is 11.0. The molecule has 2 unspecified atom stereocenters. The van der Waals surface area contributed by atoms with Gasteiger partial charge in [0.1, 0.15) is 6.10 Å². The summed E-state index contributed by atoms with van der Waals surface area (Å²) in [4.78, 5) is 12.7. The number of aromatic nitrogens is 2. The fourth-order valence-electron chi connectivity index (χ4n) is 3.54. The fourth-order valence-corrected chi connectivity index (χ4v) is 3.54. The maximum absolute atomic E-state index is 12.7. The van der Waals surface area contributed by atoms with E-state index in [1.165, 1.54) is 12.8 Å². The summed E-state index contributed by atoms with van der Waals surface area (Å²) in [5.41, 5.74) is 3.24. The highest BCUT2D eigenvalue weighted by atomic mass is 16.5. The van der Waals surface area contributed by atoms with Crippen molar-refractivity contribution in [3.8, 4) is 0 Å². The van der Waals surface area contributed by atoms with Gasteiger partial charge in [0.2, 0.25) is 5.91 Å². The molecule has 130 valence electrons. The van der Waals surface area contributed by atoms with Crippen molar-refractivity contribution in [1.29, 1.82) is 0 Å². The number of rotatable bonds is 7. The quantitative estimate of drug-likeness (QED) is 0.838. The van der Waals surface area contributed by atoms with Crippen LogP contribution in [0.5, 0.6) is 0 Å². The molecule has 1 fully saturated rings. The molecular weight excluding hydrogens is 290 g/mol. The number of amides is 1. The summed E-state index contributed by atoms with van der Waals surface area (Å²) in [6, 6.07) is -0.00238. The first-order valence-electron chi connectivity index (χ1n) is 8.93. The molecule has 1 saturated carbocycles. The highest BCUT2D eigenvalue weighted by Gasteiger charge is 2.27. The first-order valence-corrected chi connectivity index (χ1v) is 8.93. The van der Waals surface area contributed by atoms with Crippen molar-refractivity contribution in [1.82, 2.24) is 15.1 Å². The molecule has 0 aromatic carbocycles. The third-order valence-electron chi connectivity index (χ3n) is 4.96. The molecule has 1 N–H and O–H groups in total. The van der Waals surface area contributed by atoms with Crippen molar-refractivity contribution in [3.63, 3.8) is 0 Å². The Morgan fingerprint density at radius 1 is 1.30 bits per heavy atom. The maximum Gasteiger partial charge on any atom is 0.249 e. The Hall–Kier alpha value is -1.36. The molecule has 1 aromatic rings. The second-order valence-corrected chi connectivity index (χ2v) is 6.62. The van der Waals surface area contributed by atoms with Crippen molar-refractivity contribution in [2.45, 2.75) is 84.5 Å². The minimum atomic E-state index is -0.343. The predicted octanol–water partition coefficient (Wildman–Crippen LogP) is 3.34. The molecule has 1 amide bonds. The summed E-state index contributed by atoms with van der Waals surface area (Å²) in [5.74, 6) is 0.00824. The van der Waals surface area contributed by atoms with Crippen molar-refractivity contribution >= 4 is 5.91 Å². The molecular formula is C18H31N3O2. The van der Waals surface area contributed by atoms with Crippen LogP contribution in [0.1, 0.15) is 75.4 Å². The fraction of sp³-hybridized carbons (Fsp3) is 0.778. The Morgan fingerprint density at radius 3 is 2.43 bits per heavy atom. The van der Waals surface area contributed by atoms with Crippen LogP contribution in [0.2, 0.25) is 0 Å². The zero-order valence-electron chi connectivity index (χ0n) is 15.2. The van der Waals surface area contributed by atoms with Gasteiger partial charge in [-0.1, -0.05) is 26.7 Å².